The highest BCUT2D eigenvalue weighted by atomic mass is 35.5. The minimum atomic E-state index is -3.50. The Morgan fingerprint density at radius 3 is 2.52 bits per heavy atom. The number of aromatic nitrogens is 1. The normalized spacial score (nSPS) is 12.2. The molecule has 0 aliphatic heterocycles. The van der Waals surface area contributed by atoms with E-state index in [0.29, 0.717) is 33.8 Å². The number of methoxy groups -OCH3 is 1. The summed E-state index contributed by atoms with van der Waals surface area (Å²) in [5, 5.41) is 25.9. The van der Waals surface area contributed by atoms with E-state index in [2.05, 4.69) is 15.0 Å². The molecule has 1 amide bonds. The van der Waals surface area contributed by atoms with E-state index < -0.39 is 27.8 Å². The summed E-state index contributed by atoms with van der Waals surface area (Å²) in [6.07, 6.45) is 0.879. The number of carboxylic acid groups (broad SMARTS) is 1. The lowest BCUT2D eigenvalue weighted by atomic mass is 10.1. The first-order valence-corrected chi connectivity index (χ1v) is 15.0. The summed E-state index contributed by atoms with van der Waals surface area (Å²) >= 11 is 14.0. The number of hydrogen-bond donors (Lipinski definition) is 4. The summed E-state index contributed by atoms with van der Waals surface area (Å²) in [6, 6.07) is 10.9. The van der Waals surface area contributed by atoms with Crippen molar-refractivity contribution in [1.29, 1.82) is 0 Å². The minimum absolute atomic E-state index is 0.00514. The van der Waals surface area contributed by atoms with Crippen LogP contribution in [0.1, 0.15) is 21.5 Å². The number of aliphatic carboxylic acids is 1. The van der Waals surface area contributed by atoms with Crippen molar-refractivity contribution in [3.8, 4) is 11.5 Å². The molecule has 4 aromatic rings. The third-order valence-electron chi connectivity index (χ3n) is 5.96. The van der Waals surface area contributed by atoms with Crippen molar-refractivity contribution in [1.82, 2.24) is 9.69 Å². The molecule has 1 heterocycles. The van der Waals surface area contributed by atoms with Gasteiger partial charge in [-0.1, -0.05) is 41.4 Å². The Labute approximate surface area is 243 Å². The second kappa shape index (κ2) is 11.9. The number of nitrogens with zero attached hydrogens (tertiary/aromatic N) is 1. The van der Waals surface area contributed by atoms with Crippen LogP contribution in [0, 0.1) is 0 Å². The molecular weight excluding hydrogens is 601 g/mol. The van der Waals surface area contributed by atoms with Gasteiger partial charge in [0, 0.05) is 24.6 Å². The van der Waals surface area contributed by atoms with Gasteiger partial charge >= 0.3 is 5.97 Å². The number of phenolic OH excluding ortho intramolecular Hbond substituents is 1. The van der Waals surface area contributed by atoms with E-state index in [1.165, 1.54) is 31.4 Å². The van der Waals surface area contributed by atoms with E-state index in [9.17, 15) is 28.2 Å². The molecule has 10 nitrogen and oxygen atoms in total. The second-order valence-corrected chi connectivity index (χ2v) is 12.4. The number of amides is 1. The average Bonchev–Trinajstić information content (AvgIpc) is 3.29. The monoisotopic (exact) mass is 623 g/mol. The van der Waals surface area contributed by atoms with Gasteiger partial charge in [-0.2, -0.15) is 4.37 Å². The number of fused-ring (bicyclic) bond motifs is 1. The molecule has 40 heavy (non-hydrogen) atoms. The summed E-state index contributed by atoms with van der Waals surface area (Å²) in [6.45, 7) is 0.314. The number of halogens is 2. The Hall–Kier alpha value is -3.58. The van der Waals surface area contributed by atoms with Gasteiger partial charge in [0.15, 0.2) is 21.3 Å². The third kappa shape index (κ3) is 6.41. The zero-order chi connectivity index (χ0) is 29.2. The van der Waals surface area contributed by atoms with Crippen LogP contribution in [0.15, 0.2) is 53.4 Å². The number of nitrogens with one attached hydrogen (secondary N) is 2. The van der Waals surface area contributed by atoms with Crippen LogP contribution < -0.4 is 15.4 Å². The number of phenols is 1. The Morgan fingerprint density at radius 2 is 1.88 bits per heavy atom. The fraction of sp³-hybridized carbons (Fsp3) is 0.192. The highest BCUT2D eigenvalue weighted by Crippen LogP contribution is 2.39. The van der Waals surface area contributed by atoms with Crippen molar-refractivity contribution in [3.63, 3.8) is 0 Å². The molecule has 0 bridgehead atoms. The van der Waals surface area contributed by atoms with E-state index in [1.807, 2.05) is 0 Å². The van der Waals surface area contributed by atoms with Gasteiger partial charge in [-0.05, 0) is 53.0 Å². The molecule has 0 aliphatic rings. The predicted octanol–water partition coefficient (Wildman–Crippen LogP) is 4.76. The van der Waals surface area contributed by atoms with Crippen LogP contribution in [0.3, 0.4) is 0 Å². The molecule has 0 radical (unpaired) electrons. The topological polar surface area (TPSA) is 155 Å². The number of carbonyl (C=O) groups is 2. The first-order chi connectivity index (χ1) is 18.9. The molecule has 1 atom stereocenters. The molecule has 0 saturated carbocycles. The Bertz CT molecular complexity index is 1730. The Morgan fingerprint density at radius 1 is 1.12 bits per heavy atom. The average molecular weight is 625 g/mol. The summed E-state index contributed by atoms with van der Waals surface area (Å²) in [5.74, 6) is -1.32. The predicted molar refractivity (Wildman–Crippen MR) is 154 cm³/mol. The number of carboxylic acids is 1. The molecule has 4 rings (SSSR count). The number of sulfone groups is 1. The number of ether oxygens (including phenoxy) is 1. The molecule has 1 unspecified atom stereocenters. The molecule has 4 N–H and O–H groups in total. The minimum Gasteiger partial charge on any atom is -0.504 e. The molecule has 3 aromatic carbocycles. The van der Waals surface area contributed by atoms with Gasteiger partial charge in [-0.15, -0.1) is 0 Å². The van der Waals surface area contributed by atoms with Gasteiger partial charge in [-0.3, -0.25) is 4.79 Å². The van der Waals surface area contributed by atoms with E-state index in [1.54, 1.807) is 24.3 Å². The standard InChI is InChI=1S/C26H23Cl2N3O7S2/c1-38-20-7-6-14(10-19(20)32)12-29-24-16-11-17(27)21(22(28)23(16)39-31-24)25(33)30-18(26(34)35)9-13-4-3-5-15(8-13)40(2,36)37/h3-8,10-11,18,32H,9,12H2,1-2H3,(H,29,31)(H,30,33)(H,34,35). The van der Waals surface area contributed by atoms with Crippen molar-refractivity contribution >= 4 is 72.4 Å². The number of benzene rings is 3. The maximum atomic E-state index is 13.2. The van der Waals surface area contributed by atoms with Crippen LogP contribution in [0.2, 0.25) is 10.0 Å². The zero-order valence-corrected chi connectivity index (χ0v) is 24.2. The van der Waals surface area contributed by atoms with E-state index in [0.717, 1.165) is 23.4 Å². The first kappa shape index (κ1) is 29.4. The van der Waals surface area contributed by atoms with Gasteiger partial charge in [0.1, 0.15) is 11.9 Å². The van der Waals surface area contributed by atoms with E-state index in [-0.39, 0.29) is 32.7 Å². The van der Waals surface area contributed by atoms with Crippen molar-refractivity contribution in [2.24, 2.45) is 0 Å². The number of rotatable bonds is 10. The van der Waals surface area contributed by atoms with Crippen LogP contribution in [0.4, 0.5) is 5.82 Å². The van der Waals surface area contributed by atoms with Crippen LogP contribution in [0.25, 0.3) is 10.1 Å². The molecule has 210 valence electrons. The van der Waals surface area contributed by atoms with Crippen LogP contribution >= 0.6 is 34.7 Å². The van der Waals surface area contributed by atoms with Crippen molar-refractivity contribution < 1.29 is 33.0 Å². The van der Waals surface area contributed by atoms with Crippen molar-refractivity contribution in [2.75, 3.05) is 18.7 Å². The number of carbonyl (C=O) groups excluding carboxylic acids is 1. The number of anilines is 1. The Balaban J connectivity index is 1.55. The summed E-state index contributed by atoms with van der Waals surface area (Å²) in [5.41, 5.74) is 1.06. The van der Waals surface area contributed by atoms with Crippen LogP contribution in [-0.4, -0.2) is 54.3 Å². The SMILES string of the molecule is COc1ccc(CNc2nsc3c(Cl)c(C(=O)NC(Cc4cccc(S(C)(=O)=O)c4)C(=O)O)c(Cl)cc23)cc1O. The summed E-state index contributed by atoms with van der Waals surface area (Å²) in [7, 11) is -2.04. The Kier molecular flexibility index (Phi) is 8.74. The third-order valence-corrected chi connectivity index (χ3v) is 8.74. The molecular formula is C26H23Cl2N3O7S2. The van der Waals surface area contributed by atoms with Gasteiger partial charge in [0.25, 0.3) is 5.91 Å². The number of hydrogen-bond acceptors (Lipinski definition) is 9. The maximum absolute atomic E-state index is 13.2. The van der Waals surface area contributed by atoms with E-state index >= 15 is 0 Å². The molecule has 14 heteroatoms. The van der Waals surface area contributed by atoms with Crippen LogP contribution in [-0.2, 0) is 27.6 Å². The number of aromatic hydroxyl groups is 1. The first-order valence-electron chi connectivity index (χ1n) is 11.6. The van der Waals surface area contributed by atoms with Crippen LogP contribution in [0.5, 0.6) is 11.5 Å². The lowest BCUT2D eigenvalue weighted by Gasteiger charge is -2.16. The molecule has 1 aromatic heterocycles. The largest absolute Gasteiger partial charge is 0.504 e. The molecule has 0 saturated heterocycles. The second-order valence-electron chi connectivity index (χ2n) is 8.80. The van der Waals surface area contributed by atoms with Gasteiger partial charge in [0.05, 0.1) is 32.3 Å². The highest BCUT2D eigenvalue weighted by molar-refractivity contribution is 7.90. The fourth-order valence-electron chi connectivity index (χ4n) is 3.94. The fourth-order valence-corrected chi connectivity index (χ4v) is 6.15. The lowest BCUT2D eigenvalue weighted by Crippen LogP contribution is -2.42. The van der Waals surface area contributed by atoms with Crippen molar-refractivity contribution in [2.45, 2.75) is 23.9 Å². The zero-order valence-electron chi connectivity index (χ0n) is 21.1. The molecule has 0 spiro atoms. The van der Waals surface area contributed by atoms with Gasteiger partial charge in [0.2, 0.25) is 0 Å². The highest BCUT2D eigenvalue weighted by Gasteiger charge is 2.26. The summed E-state index contributed by atoms with van der Waals surface area (Å²) in [4.78, 5) is 25.1. The van der Waals surface area contributed by atoms with Crippen molar-refractivity contribution in [3.05, 3.63) is 75.3 Å². The molecule has 0 aliphatic carbocycles. The maximum Gasteiger partial charge on any atom is 0.326 e. The van der Waals surface area contributed by atoms with E-state index in [4.69, 9.17) is 27.9 Å². The quantitative estimate of drug-likeness (QED) is 0.196. The van der Waals surface area contributed by atoms with Gasteiger partial charge < -0.3 is 25.6 Å². The summed E-state index contributed by atoms with van der Waals surface area (Å²) < 4.78 is 33.6. The van der Waals surface area contributed by atoms with Gasteiger partial charge in [-0.25, -0.2) is 13.2 Å². The smallest absolute Gasteiger partial charge is 0.326 e. The lowest BCUT2D eigenvalue weighted by molar-refractivity contribution is -0.139. The molecule has 0 fully saturated rings.